The molecule has 0 aliphatic heterocycles. The van der Waals surface area contributed by atoms with Crippen molar-refractivity contribution in [1.82, 2.24) is 4.90 Å². The molecule has 0 bridgehead atoms. The second-order valence-electron chi connectivity index (χ2n) is 11.7. The van der Waals surface area contributed by atoms with E-state index in [1.54, 1.807) is 11.1 Å². The fourth-order valence-electron chi connectivity index (χ4n) is 6.67. The highest BCUT2D eigenvalue weighted by Gasteiger charge is 2.34. The summed E-state index contributed by atoms with van der Waals surface area (Å²) < 4.78 is 6.16. The van der Waals surface area contributed by atoms with Gasteiger partial charge in [0, 0.05) is 6.54 Å². The molecule has 3 atom stereocenters. The van der Waals surface area contributed by atoms with Gasteiger partial charge in [0.2, 0.25) is 0 Å². The van der Waals surface area contributed by atoms with Crippen molar-refractivity contribution >= 4 is 5.97 Å². The molecule has 3 nitrogen and oxygen atoms in total. The molecule has 0 N–H and O–H groups in total. The first-order valence-electron chi connectivity index (χ1n) is 13.4. The van der Waals surface area contributed by atoms with Crippen molar-refractivity contribution in [2.24, 2.45) is 29.6 Å². The summed E-state index contributed by atoms with van der Waals surface area (Å²) in [5, 5.41) is 0. The number of hydrogen-bond donors (Lipinski definition) is 0. The Morgan fingerprint density at radius 1 is 0.968 bits per heavy atom. The summed E-state index contributed by atoms with van der Waals surface area (Å²) in [7, 11) is 4.37. The number of hydrogen-bond acceptors (Lipinski definition) is 3. The van der Waals surface area contributed by atoms with Crippen LogP contribution in [0.1, 0.15) is 104 Å². The molecular weight excluding hydrogens is 382 g/mol. The van der Waals surface area contributed by atoms with E-state index in [-0.39, 0.29) is 18.0 Å². The molecule has 178 valence electrons. The molecule has 0 aromatic heterocycles. The number of carbonyl (C=O) groups is 1. The zero-order chi connectivity index (χ0) is 22.4. The smallest absolute Gasteiger partial charge is 0.309 e. The maximum absolute atomic E-state index is 13.0. The van der Waals surface area contributed by atoms with Crippen LogP contribution in [-0.4, -0.2) is 37.6 Å². The Morgan fingerprint density at radius 2 is 1.68 bits per heavy atom. The molecule has 0 aromatic rings. The molecule has 3 aliphatic rings. The Bertz CT molecular complexity index is 600. The summed E-state index contributed by atoms with van der Waals surface area (Å²) in [6, 6.07) is 0. The molecule has 2 fully saturated rings. The zero-order valence-corrected chi connectivity index (χ0v) is 21.1. The van der Waals surface area contributed by atoms with Crippen LogP contribution < -0.4 is 0 Å². The van der Waals surface area contributed by atoms with Gasteiger partial charge >= 0.3 is 5.97 Å². The van der Waals surface area contributed by atoms with Crippen molar-refractivity contribution in [2.75, 3.05) is 20.6 Å². The van der Waals surface area contributed by atoms with Crippen LogP contribution in [0.5, 0.6) is 0 Å². The first kappa shape index (κ1) is 24.8. The number of allylic oxidation sites excluding steroid dienone is 1. The van der Waals surface area contributed by atoms with Crippen LogP contribution >= 0.6 is 0 Å². The fourth-order valence-corrected chi connectivity index (χ4v) is 6.67. The zero-order valence-electron chi connectivity index (χ0n) is 21.1. The van der Waals surface area contributed by atoms with E-state index >= 15 is 0 Å². The van der Waals surface area contributed by atoms with Crippen molar-refractivity contribution < 1.29 is 9.53 Å². The SMILES string of the molecule is CC(C)CC1CCC(C(C)C(=O)OC2CCCC(C3=C(CN(C)C)CCCC3)C2)CC1. The monoisotopic (exact) mass is 431 g/mol. The summed E-state index contributed by atoms with van der Waals surface area (Å²) in [5.41, 5.74) is 3.40. The van der Waals surface area contributed by atoms with E-state index < -0.39 is 0 Å². The minimum absolute atomic E-state index is 0.0681. The maximum atomic E-state index is 13.0. The average molecular weight is 432 g/mol. The lowest BCUT2D eigenvalue weighted by atomic mass is 9.74. The van der Waals surface area contributed by atoms with E-state index in [0.29, 0.717) is 11.8 Å². The second-order valence-corrected chi connectivity index (χ2v) is 11.7. The van der Waals surface area contributed by atoms with Crippen LogP contribution in [0.4, 0.5) is 0 Å². The van der Waals surface area contributed by atoms with E-state index in [4.69, 9.17) is 4.74 Å². The third-order valence-electron chi connectivity index (χ3n) is 8.31. The first-order valence-corrected chi connectivity index (χ1v) is 13.4. The summed E-state index contributed by atoms with van der Waals surface area (Å²) in [5.74, 6) is 2.99. The molecule has 0 spiro atoms. The molecule has 0 aromatic carbocycles. The highest BCUT2D eigenvalue weighted by molar-refractivity contribution is 5.72. The van der Waals surface area contributed by atoms with Gasteiger partial charge in [0.1, 0.15) is 6.10 Å². The molecule has 0 amide bonds. The van der Waals surface area contributed by atoms with Gasteiger partial charge in [-0.3, -0.25) is 4.79 Å². The van der Waals surface area contributed by atoms with Crippen LogP contribution in [0.15, 0.2) is 11.1 Å². The van der Waals surface area contributed by atoms with Crippen LogP contribution in [0.3, 0.4) is 0 Å². The van der Waals surface area contributed by atoms with Gasteiger partial charge in [-0.2, -0.15) is 0 Å². The van der Waals surface area contributed by atoms with Crippen molar-refractivity contribution in [1.29, 1.82) is 0 Å². The van der Waals surface area contributed by atoms with Crippen LogP contribution in [0.2, 0.25) is 0 Å². The predicted molar refractivity (Wildman–Crippen MR) is 130 cm³/mol. The van der Waals surface area contributed by atoms with E-state index in [1.165, 1.54) is 70.6 Å². The quantitative estimate of drug-likeness (QED) is 0.306. The standard InChI is InChI=1S/C28H49NO2/c1-20(2)17-22-13-15-23(16-14-22)21(3)28(30)31-26-11-8-10-24(18-26)27-12-7-6-9-25(27)19-29(4)5/h20-24,26H,6-19H2,1-5H3. The van der Waals surface area contributed by atoms with Gasteiger partial charge in [0.25, 0.3) is 0 Å². The van der Waals surface area contributed by atoms with Crippen molar-refractivity contribution in [3.63, 3.8) is 0 Å². The molecule has 3 unspecified atom stereocenters. The Balaban J connectivity index is 1.51. The number of carbonyl (C=O) groups excluding carboxylic acids is 1. The Morgan fingerprint density at radius 3 is 2.35 bits per heavy atom. The Labute approximate surface area is 192 Å². The maximum Gasteiger partial charge on any atom is 0.309 e. The molecule has 2 saturated carbocycles. The van der Waals surface area contributed by atoms with Crippen LogP contribution in [-0.2, 0) is 9.53 Å². The minimum atomic E-state index is 0.0681. The van der Waals surface area contributed by atoms with E-state index in [0.717, 1.165) is 31.2 Å². The molecule has 0 radical (unpaired) electrons. The number of ether oxygens (including phenoxy) is 1. The lowest BCUT2D eigenvalue weighted by molar-refractivity contribution is -0.158. The largest absolute Gasteiger partial charge is 0.462 e. The van der Waals surface area contributed by atoms with E-state index in [9.17, 15) is 4.79 Å². The van der Waals surface area contributed by atoms with Gasteiger partial charge in [0.05, 0.1) is 5.92 Å². The second kappa shape index (κ2) is 11.9. The van der Waals surface area contributed by atoms with Gasteiger partial charge in [0.15, 0.2) is 0 Å². The van der Waals surface area contributed by atoms with Crippen molar-refractivity contribution in [2.45, 2.75) is 110 Å². The lowest BCUT2D eigenvalue weighted by Gasteiger charge is -2.36. The van der Waals surface area contributed by atoms with Gasteiger partial charge in [-0.05, 0) is 108 Å². The first-order chi connectivity index (χ1) is 14.8. The minimum Gasteiger partial charge on any atom is -0.462 e. The molecule has 3 aliphatic carbocycles. The summed E-state index contributed by atoms with van der Waals surface area (Å²) >= 11 is 0. The molecule has 31 heavy (non-hydrogen) atoms. The van der Waals surface area contributed by atoms with Crippen molar-refractivity contribution in [3.8, 4) is 0 Å². The highest BCUT2D eigenvalue weighted by atomic mass is 16.5. The highest BCUT2D eigenvalue weighted by Crippen LogP contribution is 2.40. The topological polar surface area (TPSA) is 29.5 Å². The number of rotatable bonds is 8. The summed E-state index contributed by atoms with van der Waals surface area (Å²) in [4.78, 5) is 15.3. The molecule has 3 heteroatoms. The molecule has 0 heterocycles. The Hall–Kier alpha value is -0.830. The van der Waals surface area contributed by atoms with Gasteiger partial charge in [-0.15, -0.1) is 0 Å². The average Bonchev–Trinajstić information content (AvgIpc) is 2.73. The number of nitrogens with zero attached hydrogens (tertiary/aromatic N) is 1. The number of esters is 1. The van der Waals surface area contributed by atoms with Gasteiger partial charge in [-0.25, -0.2) is 0 Å². The number of likely N-dealkylation sites (N-methyl/N-ethyl adjacent to an activating group) is 1. The lowest BCUT2D eigenvalue weighted by Crippen LogP contribution is -2.33. The molecular formula is C28H49NO2. The third-order valence-corrected chi connectivity index (χ3v) is 8.31. The van der Waals surface area contributed by atoms with E-state index in [2.05, 4.69) is 39.8 Å². The van der Waals surface area contributed by atoms with Gasteiger partial charge < -0.3 is 9.64 Å². The fraction of sp³-hybridized carbons (Fsp3) is 0.893. The van der Waals surface area contributed by atoms with Crippen molar-refractivity contribution in [3.05, 3.63) is 11.1 Å². The van der Waals surface area contributed by atoms with Crippen LogP contribution in [0.25, 0.3) is 0 Å². The molecule has 3 rings (SSSR count). The summed E-state index contributed by atoms with van der Waals surface area (Å²) in [6.45, 7) is 7.90. The van der Waals surface area contributed by atoms with Gasteiger partial charge in [-0.1, -0.05) is 44.8 Å². The normalized spacial score (nSPS) is 31.2. The third kappa shape index (κ3) is 7.34. The molecule has 0 saturated heterocycles. The van der Waals surface area contributed by atoms with Crippen LogP contribution in [0, 0.1) is 29.6 Å². The Kier molecular flexibility index (Phi) is 9.49. The predicted octanol–water partition coefficient (Wildman–Crippen LogP) is 7.01. The van der Waals surface area contributed by atoms with E-state index in [1.807, 2.05) is 0 Å². The summed E-state index contributed by atoms with van der Waals surface area (Å²) in [6.07, 6.45) is 16.3.